The van der Waals surface area contributed by atoms with E-state index in [1.807, 2.05) is 30.3 Å². The van der Waals surface area contributed by atoms with Crippen LogP contribution in [0.3, 0.4) is 0 Å². The van der Waals surface area contributed by atoms with E-state index < -0.39 is 24.3 Å². The molecule has 34 heavy (non-hydrogen) atoms. The quantitative estimate of drug-likeness (QED) is 0.269. The van der Waals surface area contributed by atoms with Crippen LogP contribution >= 0.6 is 23.1 Å². The molecule has 8 nitrogen and oxygen atoms in total. The van der Waals surface area contributed by atoms with E-state index in [9.17, 15) is 19.2 Å². The van der Waals surface area contributed by atoms with E-state index in [2.05, 4.69) is 22.2 Å². The number of rotatable bonds is 9. The van der Waals surface area contributed by atoms with Crippen molar-refractivity contribution in [3.63, 3.8) is 0 Å². The zero-order valence-electron chi connectivity index (χ0n) is 17.9. The highest BCUT2D eigenvalue weighted by atomic mass is 32.2. The predicted molar refractivity (Wildman–Crippen MR) is 132 cm³/mol. The third kappa shape index (κ3) is 5.08. The zero-order valence-corrected chi connectivity index (χ0v) is 19.6. The predicted octanol–water partition coefficient (Wildman–Crippen LogP) is 3.44. The highest BCUT2D eigenvalue weighted by Crippen LogP contribution is 2.37. The first kappa shape index (κ1) is 23.4. The van der Waals surface area contributed by atoms with Crippen LogP contribution in [-0.4, -0.2) is 52.4 Å². The Hall–Kier alpha value is -3.76. The van der Waals surface area contributed by atoms with Crippen LogP contribution in [0.5, 0.6) is 0 Å². The normalized spacial score (nSPS) is 12.4. The number of benzene rings is 2. The molecule has 0 atom stereocenters. The molecule has 4 rings (SSSR count). The highest BCUT2D eigenvalue weighted by Gasteiger charge is 2.36. The summed E-state index contributed by atoms with van der Waals surface area (Å²) in [6, 6.07) is 15.8. The van der Waals surface area contributed by atoms with Gasteiger partial charge in [-0.1, -0.05) is 71.6 Å². The van der Waals surface area contributed by atoms with Gasteiger partial charge in [0.05, 0.1) is 16.9 Å². The number of carbonyl (C=O) groups is 4. The van der Waals surface area contributed by atoms with Gasteiger partial charge >= 0.3 is 0 Å². The number of nitrogens with one attached hydrogen (secondary N) is 2. The van der Waals surface area contributed by atoms with Crippen molar-refractivity contribution in [1.29, 1.82) is 0 Å². The van der Waals surface area contributed by atoms with Gasteiger partial charge in [-0.15, -0.1) is 6.58 Å². The number of imide groups is 1. The average Bonchev–Trinajstić information content (AvgIpc) is 3.36. The summed E-state index contributed by atoms with van der Waals surface area (Å²) in [4.78, 5) is 55.4. The van der Waals surface area contributed by atoms with Crippen molar-refractivity contribution < 1.29 is 19.2 Å². The minimum Gasteiger partial charge on any atom is -0.352 e. The molecule has 0 saturated carbocycles. The summed E-state index contributed by atoms with van der Waals surface area (Å²) in [5.41, 5.74) is 1.92. The van der Waals surface area contributed by atoms with Gasteiger partial charge in [-0.2, -0.15) is 0 Å². The number of anilines is 1. The molecule has 172 valence electrons. The average molecular weight is 493 g/mol. The number of carbonyl (C=O) groups excluding carboxylic acids is 4. The first-order valence-corrected chi connectivity index (χ1v) is 12.1. The summed E-state index contributed by atoms with van der Waals surface area (Å²) in [5, 5.41) is 5.97. The van der Waals surface area contributed by atoms with E-state index in [0.29, 0.717) is 21.6 Å². The number of fused-ring (bicyclic) bond motifs is 1. The lowest BCUT2D eigenvalue weighted by molar-refractivity contribution is -0.118. The molecule has 1 aliphatic rings. The van der Waals surface area contributed by atoms with Crippen LogP contribution in [0.4, 0.5) is 5.00 Å². The molecule has 0 aliphatic carbocycles. The van der Waals surface area contributed by atoms with E-state index in [1.54, 1.807) is 30.3 Å². The van der Waals surface area contributed by atoms with Crippen LogP contribution in [-0.2, 0) is 9.59 Å². The van der Waals surface area contributed by atoms with E-state index >= 15 is 0 Å². The molecule has 0 fully saturated rings. The third-order valence-corrected chi connectivity index (χ3v) is 6.97. The number of thioether (sulfide) groups is 1. The maximum atomic E-state index is 12.8. The fourth-order valence-electron chi connectivity index (χ4n) is 3.30. The number of hydrogen-bond acceptors (Lipinski definition) is 7. The molecule has 4 amide bonds. The summed E-state index contributed by atoms with van der Waals surface area (Å²) >= 11 is 2.48. The van der Waals surface area contributed by atoms with Crippen molar-refractivity contribution in [3.05, 3.63) is 78.4 Å². The molecule has 0 radical (unpaired) electrons. The van der Waals surface area contributed by atoms with Gasteiger partial charge in [0.2, 0.25) is 11.8 Å². The molecule has 2 aromatic carbocycles. The van der Waals surface area contributed by atoms with Crippen molar-refractivity contribution in [2.45, 2.75) is 4.34 Å². The van der Waals surface area contributed by atoms with Gasteiger partial charge in [0.15, 0.2) is 4.34 Å². The fraction of sp³-hybridized carbons (Fsp3) is 0.125. The van der Waals surface area contributed by atoms with Crippen LogP contribution < -0.4 is 10.6 Å². The van der Waals surface area contributed by atoms with Gasteiger partial charge in [-0.25, -0.2) is 4.98 Å². The molecular formula is C24H20N4O4S2. The molecule has 0 saturated heterocycles. The van der Waals surface area contributed by atoms with Crippen LogP contribution in [0.1, 0.15) is 20.7 Å². The minimum atomic E-state index is -0.518. The van der Waals surface area contributed by atoms with Crippen LogP contribution in [0, 0.1) is 0 Å². The van der Waals surface area contributed by atoms with Crippen molar-refractivity contribution in [2.75, 3.05) is 24.2 Å². The smallest absolute Gasteiger partial charge is 0.262 e. The topological polar surface area (TPSA) is 108 Å². The number of nitrogens with zero attached hydrogens (tertiary/aromatic N) is 2. The number of thiazole rings is 1. The van der Waals surface area contributed by atoms with Gasteiger partial charge in [-0.3, -0.25) is 24.1 Å². The molecular weight excluding hydrogens is 472 g/mol. The van der Waals surface area contributed by atoms with Gasteiger partial charge < -0.3 is 10.6 Å². The summed E-state index contributed by atoms with van der Waals surface area (Å²) in [6.07, 6.45) is 1.60. The number of amides is 4. The molecule has 3 aromatic rings. The highest BCUT2D eigenvalue weighted by molar-refractivity contribution is 8.01. The number of hydrogen-bond donors (Lipinski definition) is 2. The van der Waals surface area contributed by atoms with Crippen LogP contribution in [0.2, 0.25) is 0 Å². The molecule has 2 N–H and O–H groups in total. The van der Waals surface area contributed by atoms with E-state index in [-0.39, 0.29) is 22.8 Å². The Morgan fingerprint density at radius 3 is 2.29 bits per heavy atom. The van der Waals surface area contributed by atoms with E-state index in [0.717, 1.165) is 10.5 Å². The Labute approximate surface area is 204 Å². The lowest BCUT2D eigenvalue weighted by Crippen LogP contribution is -2.37. The number of aromatic nitrogens is 1. The second-order valence-corrected chi connectivity index (χ2v) is 9.42. The van der Waals surface area contributed by atoms with Gasteiger partial charge in [-0.05, 0) is 12.1 Å². The molecule has 2 heterocycles. The van der Waals surface area contributed by atoms with Crippen LogP contribution in [0.15, 0.2) is 71.6 Å². The zero-order chi connectivity index (χ0) is 24.1. The van der Waals surface area contributed by atoms with E-state index in [1.165, 1.54) is 23.1 Å². The minimum absolute atomic E-state index is 0.155. The second-order valence-electron chi connectivity index (χ2n) is 7.20. The van der Waals surface area contributed by atoms with Crippen molar-refractivity contribution >= 4 is 51.7 Å². The maximum Gasteiger partial charge on any atom is 0.262 e. The fourth-order valence-corrected chi connectivity index (χ4v) is 5.21. The molecule has 0 spiro atoms. The van der Waals surface area contributed by atoms with Gasteiger partial charge in [0, 0.05) is 12.1 Å². The lowest BCUT2D eigenvalue weighted by Gasteiger charge is -2.13. The second kappa shape index (κ2) is 10.4. The Kier molecular flexibility index (Phi) is 7.19. The summed E-state index contributed by atoms with van der Waals surface area (Å²) < 4.78 is 0.601. The first-order chi connectivity index (χ1) is 16.5. The largest absolute Gasteiger partial charge is 0.352 e. The molecule has 1 aliphatic heterocycles. The van der Waals surface area contributed by atoms with E-state index in [4.69, 9.17) is 0 Å². The van der Waals surface area contributed by atoms with Crippen LogP contribution in [0.25, 0.3) is 11.3 Å². The maximum absolute atomic E-state index is 12.8. The van der Waals surface area contributed by atoms with Gasteiger partial charge in [0.1, 0.15) is 17.2 Å². The monoisotopic (exact) mass is 492 g/mol. The SMILES string of the molecule is C=CCNC(=O)CSc1nc(-c2ccccc2)c(NC(=O)CN2C(=O)c3ccccc3C2=O)s1. The first-order valence-electron chi connectivity index (χ1n) is 10.3. The Morgan fingerprint density at radius 1 is 1.00 bits per heavy atom. The Bertz CT molecular complexity index is 1240. The van der Waals surface area contributed by atoms with Crippen molar-refractivity contribution in [2.24, 2.45) is 0 Å². The molecule has 0 bridgehead atoms. The Balaban J connectivity index is 1.50. The summed E-state index contributed by atoms with van der Waals surface area (Å²) in [5.74, 6) is -1.50. The lowest BCUT2D eigenvalue weighted by atomic mass is 10.1. The molecule has 0 unspecified atom stereocenters. The summed E-state index contributed by atoms with van der Waals surface area (Å²) in [7, 11) is 0. The molecule has 1 aromatic heterocycles. The van der Waals surface area contributed by atoms with Crippen molar-refractivity contribution in [3.8, 4) is 11.3 Å². The van der Waals surface area contributed by atoms with Crippen molar-refractivity contribution in [1.82, 2.24) is 15.2 Å². The molecule has 10 heteroatoms. The van der Waals surface area contributed by atoms with Gasteiger partial charge in [0.25, 0.3) is 11.8 Å². The third-order valence-electron chi connectivity index (χ3n) is 4.86. The Morgan fingerprint density at radius 2 is 1.65 bits per heavy atom. The standard InChI is InChI=1S/C24H20N4O4S2/c1-2-12-25-19(30)14-33-24-27-20(15-8-4-3-5-9-15)21(34-24)26-18(29)13-28-22(31)16-10-6-7-11-17(16)23(28)32/h2-11H,1,12-14H2,(H,25,30)(H,26,29). The summed E-state index contributed by atoms with van der Waals surface area (Å²) in [6.45, 7) is 3.54.